The Kier molecular flexibility index (Phi) is 3.76. The molecule has 7 heteroatoms. The number of sulfonamides is 1. The maximum atomic E-state index is 12.5. The summed E-state index contributed by atoms with van der Waals surface area (Å²) in [6.07, 6.45) is 0. The second kappa shape index (κ2) is 5.52. The lowest BCUT2D eigenvalue weighted by atomic mass is 9.87. The van der Waals surface area contributed by atoms with Gasteiger partial charge in [-0.25, -0.2) is 13.2 Å². The molecule has 2 N–H and O–H groups in total. The molecular weight excluding hydrogens is 328 g/mol. The van der Waals surface area contributed by atoms with Crippen molar-refractivity contribution in [3.63, 3.8) is 0 Å². The lowest BCUT2D eigenvalue weighted by molar-refractivity contribution is 0.554. The minimum Gasteiger partial charge on any atom is -0.408 e. The van der Waals surface area contributed by atoms with Gasteiger partial charge in [0.05, 0.1) is 10.4 Å². The molecule has 3 rings (SSSR count). The van der Waals surface area contributed by atoms with Crippen molar-refractivity contribution in [3.05, 3.63) is 58.6 Å². The van der Waals surface area contributed by atoms with Gasteiger partial charge in [0.25, 0.3) is 10.0 Å². The first-order valence-electron chi connectivity index (χ1n) is 7.41. The smallest absolute Gasteiger partial charge is 0.408 e. The van der Waals surface area contributed by atoms with Crippen LogP contribution in [-0.4, -0.2) is 13.4 Å². The summed E-state index contributed by atoms with van der Waals surface area (Å²) in [6, 6.07) is 11.5. The summed E-state index contributed by atoms with van der Waals surface area (Å²) >= 11 is 0. The highest BCUT2D eigenvalue weighted by Gasteiger charge is 2.17. The highest BCUT2D eigenvalue weighted by atomic mass is 32.2. The van der Waals surface area contributed by atoms with Gasteiger partial charge in [-0.15, -0.1) is 0 Å². The number of rotatable bonds is 3. The van der Waals surface area contributed by atoms with E-state index in [4.69, 9.17) is 4.42 Å². The largest absolute Gasteiger partial charge is 0.417 e. The first-order valence-corrected chi connectivity index (χ1v) is 8.90. The molecule has 0 aliphatic heterocycles. The van der Waals surface area contributed by atoms with Crippen molar-refractivity contribution in [1.82, 2.24) is 4.98 Å². The molecule has 1 aromatic heterocycles. The second-order valence-corrected chi connectivity index (χ2v) is 8.29. The number of aromatic amines is 1. The molecule has 0 aliphatic rings. The van der Waals surface area contributed by atoms with Crippen molar-refractivity contribution >= 4 is 26.8 Å². The molecule has 0 bridgehead atoms. The molecule has 1 heterocycles. The molecule has 2 aromatic carbocycles. The van der Waals surface area contributed by atoms with Crippen LogP contribution in [0.3, 0.4) is 0 Å². The number of hydrogen-bond donors (Lipinski definition) is 2. The molecule has 0 saturated heterocycles. The zero-order chi connectivity index (χ0) is 17.5. The standard InChI is InChI=1S/C17H18N2O4S/c1-17(2,3)11-4-6-12(7-5-11)19-24(21,22)13-8-9-14-15(10-13)23-16(20)18-14/h4-10,19H,1-3H3,(H,18,20). The van der Waals surface area contributed by atoms with Gasteiger partial charge in [0.15, 0.2) is 5.58 Å². The second-order valence-electron chi connectivity index (χ2n) is 6.61. The van der Waals surface area contributed by atoms with E-state index >= 15 is 0 Å². The van der Waals surface area contributed by atoms with Crippen LogP contribution in [-0.2, 0) is 15.4 Å². The molecule has 0 spiro atoms. The zero-order valence-electron chi connectivity index (χ0n) is 13.6. The van der Waals surface area contributed by atoms with Crippen LogP contribution in [0.5, 0.6) is 0 Å². The Morgan fingerprint density at radius 2 is 1.71 bits per heavy atom. The predicted molar refractivity (Wildman–Crippen MR) is 92.8 cm³/mol. The number of H-pyrrole nitrogens is 1. The molecular formula is C17H18N2O4S. The molecule has 3 aromatic rings. The Hall–Kier alpha value is -2.54. The van der Waals surface area contributed by atoms with Crippen molar-refractivity contribution in [1.29, 1.82) is 0 Å². The van der Waals surface area contributed by atoms with E-state index in [1.165, 1.54) is 18.2 Å². The summed E-state index contributed by atoms with van der Waals surface area (Å²) in [4.78, 5) is 13.7. The van der Waals surface area contributed by atoms with E-state index in [1.54, 1.807) is 12.1 Å². The molecule has 0 unspecified atom stereocenters. The summed E-state index contributed by atoms with van der Waals surface area (Å²) in [7, 11) is -3.77. The molecule has 0 atom stereocenters. The monoisotopic (exact) mass is 346 g/mol. The summed E-state index contributed by atoms with van der Waals surface area (Å²) < 4.78 is 32.4. The van der Waals surface area contributed by atoms with Crippen molar-refractivity contribution in [3.8, 4) is 0 Å². The predicted octanol–water partition coefficient (Wildman–Crippen LogP) is 3.22. The Labute approximate surface area is 139 Å². The van der Waals surface area contributed by atoms with Gasteiger partial charge in [-0.2, -0.15) is 0 Å². The zero-order valence-corrected chi connectivity index (χ0v) is 14.4. The van der Waals surface area contributed by atoms with Gasteiger partial charge in [-0.3, -0.25) is 9.71 Å². The number of fused-ring (bicyclic) bond motifs is 1. The van der Waals surface area contributed by atoms with E-state index in [-0.39, 0.29) is 15.9 Å². The first kappa shape index (κ1) is 16.3. The Morgan fingerprint density at radius 1 is 1.04 bits per heavy atom. The average molecular weight is 346 g/mol. The molecule has 0 radical (unpaired) electrons. The third kappa shape index (κ3) is 3.21. The van der Waals surface area contributed by atoms with Crippen molar-refractivity contribution < 1.29 is 12.8 Å². The van der Waals surface area contributed by atoms with Crippen LogP contribution in [0.4, 0.5) is 5.69 Å². The van der Waals surface area contributed by atoms with E-state index in [9.17, 15) is 13.2 Å². The minimum absolute atomic E-state index is 0.00569. The van der Waals surface area contributed by atoms with Crippen molar-refractivity contribution in [2.24, 2.45) is 0 Å². The number of anilines is 1. The molecule has 0 saturated carbocycles. The third-order valence-corrected chi connectivity index (χ3v) is 5.08. The van der Waals surface area contributed by atoms with Gasteiger partial charge in [-0.05, 0) is 35.2 Å². The summed E-state index contributed by atoms with van der Waals surface area (Å²) in [5.74, 6) is -0.620. The van der Waals surface area contributed by atoms with Crippen LogP contribution in [0.2, 0.25) is 0 Å². The van der Waals surface area contributed by atoms with Gasteiger partial charge in [0, 0.05) is 11.8 Å². The summed E-state index contributed by atoms with van der Waals surface area (Å²) in [5, 5.41) is 0. The molecule has 0 fully saturated rings. The fraction of sp³-hybridized carbons (Fsp3) is 0.235. The van der Waals surface area contributed by atoms with Crippen LogP contribution >= 0.6 is 0 Å². The van der Waals surface area contributed by atoms with Gasteiger partial charge < -0.3 is 4.42 Å². The lowest BCUT2D eigenvalue weighted by Crippen LogP contribution is -2.14. The van der Waals surface area contributed by atoms with Crippen LogP contribution in [0, 0.1) is 0 Å². The van der Waals surface area contributed by atoms with E-state index < -0.39 is 15.8 Å². The van der Waals surface area contributed by atoms with Crippen LogP contribution in [0.25, 0.3) is 11.1 Å². The molecule has 6 nitrogen and oxygen atoms in total. The van der Waals surface area contributed by atoms with Crippen molar-refractivity contribution in [2.45, 2.75) is 31.1 Å². The molecule has 0 aliphatic carbocycles. The average Bonchev–Trinajstić information content (AvgIpc) is 2.85. The summed E-state index contributed by atoms with van der Waals surface area (Å²) in [5.41, 5.74) is 2.23. The SMILES string of the molecule is CC(C)(C)c1ccc(NS(=O)(=O)c2ccc3[nH]c(=O)oc3c2)cc1. The number of nitrogens with one attached hydrogen (secondary N) is 2. The fourth-order valence-corrected chi connectivity index (χ4v) is 3.42. The molecule has 24 heavy (non-hydrogen) atoms. The third-order valence-electron chi connectivity index (χ3n) is 3.71. The number of aromatic nitrogens is 1. The highest BCUT2D eigenvalue weighted by molar-refractivity contribution is 7.92. The highest BCUT2D eigenvalue weighted by Crippen LogP contribution is 2.25. The van der Waals surface area contributed by atoms with E-state index in [2.05, 4.69) is 30.5 Å². The first-order chi connectivity index (χ1) is 11.1. The van der Waals surface area contributed by atoms with E-state index in [1.807, 2.05) is 12.1 Å². The Balaban J connectivity index is 1.90. The van der Waals surface area contributed by atoms with E-state index in [0.29, 0.717) is 11.2 Å². The molecule has 126 valence electrons. The van der Waals surface area contributed by atoms with Gasteiger partial charge in [-0.1, -0.05) is 32.9 Å². The van der Waals surface area contributed by atoms with Gasteiger partial charge >= 0.3 is 5.76 Å². The number of benzene rings is 2. The fourth-order valence-electron chi connectivity index (χ4n) is 2.35. The minimum atomic E-state index is -3.77. The molecule has 0 amide bonds. The van der Waals surface area contributed by atoms with Crippen LogP contribution in [0.1, 0.15) is 26.3 Å². The van der Waals surface area contributed by atoms with E-state index in [0.717, 1.165) is 5.56 Å². The Bertz CT molecular complexity index is 1040. The topological polar surface area (TPSA) is 92.2 Å². The number of oxazole rings is 1. The Morgan fingerprint density at radius 3 is 2.33 bits per heavy atom. The maximum Gasteiger partial charge on any atom is 0.417 e. The van der Waals surface area contributed by atoms with Crippen molar-refractivity contribution in [2.75, 3.05) is 4.72 Å². The normalized spacial score (nSPS) is 12.5. The number of hydrogen-bond acceptors (Lipinski definition) is 4. The van der Waals surface area contributed by atoms with Gasteiger partial charge in [0.2, 0.25) is 0 Å². The quantitative estimate of drug-likeness (QED) is 0.761. The van der Waals surface area contributed by atoms with Crippen LogP contribution < -0.4 is 10.5 Å². The van der Waals surface area contributed by atoms with Crippen LogP contribution in [0.15, 0.2) is 56.6 Å². The van der Waals surface area contributed by atoms with Gasteiger partial charge in [0.1, 0.15) is 0 Å². The summed E-state index contributed by atoms with van der Waals surface area (Å²) in [6.45, 7) is 6.27. The maximum absolute atomic E-state index is 12.5. The lowest BCUT2D eigenvalue weighted by Gasteiger charge is -2.19.